The van der Waals surface area contributed by atoms with E-state index in [4.69, 9.17) is 4.74 Å². The van der Waals surface area contributed by atoms with Crippen molar-refractivity contribution in [1.82, 2.24) is 15.0 Å². The average molecular weight is 157 g/mol. The number of nitrogens with zero attached hydrogens (tertiary/aromatic N) is 3. The molecule has 54 valence electrons. The molecule has 0 unspecified atom stereocenters. The highest BCUT2D eigenvalue weighted by Gasteiger charge is 1.94. The van der Waals surface area contributed by atoms with E-state index in [-0.39, 0.29) is 0 Å². The molecular weight excluding hydrogens is 150 g/mol. The summed E-state index contributed by atoms with van der Waals surface area (Å²) in [5, 5.41) is 0.374. The molecular formula is C5H7N3OS. The fourth-order valence-corrected chi connectivity index (χ4v) is 0.609. The molecule has 1 aromatic rings. The maximum absolute atomic E-state index is 4.98. The van der Waals surface area contributed by atoms with Gasteiger partial charge in [0.05, 0.1) is 6.61 Å². The predicted octanol–water partition coefficient (Wildman–Crippen LogP) is 0.559. The third-order valence-corrected chi connectivity index (χ3v) is 1.03. The summed E-state index contributed by atoms with van der Waals surface area (Å²) in [5.41, 5.74) is 0. The van der Waals surface area contributed by atoms with E-state index in [1.54, 1.807) is 0 Å². The van der Waals surface area contributed by atoms with Gasteiger partial charge in [-0.25, -0.2) is 4.98 Å². The Morgan fingerprint density at radius 1 is 1.60 bits per heavy atom. The summed E-state index contributed by atoms with van der Waals surface area (Å²) < 4.78 is 4.98. The summed E-state index contributed by atoms with van der Waals surface area (Å²) in [4.78, 5) is 11.2. The Bertz CT molecular complexity index is 218. The lowest BCUT2D eigenvalue weighted by molar-refractivity contribution is 0.307. The highest BCUT2D eigenvalue weighted by atomic mass is 32.1. The summed E-state index contributed by atoms with van der Waals surface area (Å²) in [5.74, 6) is 0. The van der Waals surface area contributed by atoms with E-state index in [1.165, 1.54) is 6.33 Å². The van der Waals surface area contributed by atoms with Crippen LogP contribution in [-0.4, -0.2) is 21.6 Å². The fourth-order valence-electron chi connectivity index (χ4n) is 0.472. The normalized spacial score (nSPS) is 9.40. The summed E-state index contributed by atoms with van der Waals surface area (Å²) in [6.45, 7) is 2.42. The van der Waals surface area contributed by atoms with E-state index in [0.29, 0.717) is 17.8 Å². The fraction of sp³-hybridized carbons (Fsp3) is 0.400. The van der Waals surface area contributed by atoms with Gasteiger partial charge in [0.1, 0.15) is 6.33 Å². The summed E-state index contributed by atoms with van der Waals surface area (Å²) in [6.07, 6.45) is 1.36. The second kappa shape index (κ2) is 3.36. The second-order valence-corrected chi connectivity index (χ2v) is 1.90. The van der Waals surface area contributed by atoms with Crippen molar-refractivity contribution in [1.29, 1.82) is 0 Å². The molecule has 1 heterocycles. The topological polar surface area (TPSA) is 47.9 Å². The van der Waals surface area contributed by atoms with Gasteiger partial charge in [0.15, 0.2) is 5.16 Å². The molecule has 10 heavy (non-hydrogen) atoms. The zero-order valence-corrected chi connectivity index (χ0v) is 6.38. The maximum Gasteiger partial charge on any atom is 0.320 e. The number of hydrogen-bond donors (Lipinski definition) is 1. The molecule has 4 nitrogen and oxygen atoms in total. The molecule has 0 N–H and O–H groups in total. The van der Waals surface area contributed by atoms with E-state index in [0.717, 1.165) is 0 Å². The largest absolute Gasteiger partial charge is 0.464 e. The minimum absolute atomic E-state index is 0.322. The molecule has 0 saturated heterocycles. The SMILES string of the molecule is CCOc1ncnc(S)n1. The van der Waals surface area contributed by atoms with Crippen molar-refractivity contribution in [3.63, 3.8) is 0 Å². The zero-order valence-electron chi connectivity index (χ0n) is 5.48. The molecule has 0 aromatic carbocycles. The Morgan fingerprint density at radius 3 is 3.00 bits per heavy atom. The molecule has 0 aliphatic carbocycles. The van der Waals surface area contributed by atoms with Gasteiger partial charge in [0, 0.05) is 0 Å². The first-order valence-electron chi connectivity index (χ1n) is 2.83. The smallest absolute Gasteiger partial charge is 0.320 e. The quantitative estimate of drug-likeness (QED) is 0.637. The number of aromatic nitrogens is 3. The molecule has 0 spiro atoms. The molecule has 0 amide bonds. The lowest BCUT2D eigenvalue weighted by Gasteiger charge is -1.97. The minimum Gasteiger partial charge on any atom is -0.464 e. The zero-order chi connectivity index (χ0) is 7.40. The van der Waals surface area contributed by atoms with Gasteiger partial charge >= 0.3 is 6.01 Å². The van der Waals surface area contributed by atoms with Crippen LogP contribution in [0.3, 0.4) is 0 Å². The number of ether oxygens (including phenoxy) is 1. The Morgan fingerprint density at radius 2 is 2.40 bits per heavy atom. The number of rotatable bonds is 2. The summed E-state index contributed by atoms with van der Waals surface area (Å²) >= 11 is 3.90. The maximum atomic E-state index is 4.98. The average Bonchev–Trinajstić information content (AvgIpc) is 1.88. The van der Waals surface area contributed by atoms with Crippen molar-refractivity contribution < 1.29 is 4.74 Å². The van der Waals surface area contributed by atoms with Gasteiger partial charge in [-0.3, -0.25) is 0 Å². The standard InChI is InChI=1S/C5H7N3OS/c1-2-9-4-6-3-7-5(10)8-4/h3H,2H2,1H3,(H,6,7,8,10). The molecule has 1 aromatic heterocycles. The lowest BCUT2D eigenvalue weighted by atomic mass is 10.9. The Kier molecular flexibility index (Phi) is 2.44. The first-order valence-corrected chi connectivity index (χ1v) is 3.28. The van der Waals surface area contributed by atoms with Crippen LogP contribution in [0.25, 0.3) is 0 Å². The minimum atomic E-state index is 0.322. The highest BCUT2D eigenvalue weighted by molar-refractivity contribution is 7.80. The molecule has 0 bridgehead atoms. The third-order valence-electron chi connectivity index (χ3n) is 0.810. The Labute approximate surface area is 64.1 Å². The van der Waals surface area contributed by atoms with Crippen molar-refractivity contribution in [2.45, 2.75) is 12.1 Å². The van der Waals surface area contributed by atoms with Crippen LogP contribution < -0.4 is 4.74 Å². The molecule has 1 rings (SSSR count). The molecule has 0 saturated carbocycles. The number of thiol groups is 1. The molecule has 5 heteroatoms. The van der Waals surface area contributed by atoms with Gasteiger partial charge in [0.25, 0.3) is 0 Å². The van der Waals surface area contributed by atoms with E-state index in [9.17, 15) is 0 Å². The first kappa shape index (κ1) is 7.27. The summed E-state index contributed by atoms with van der Waals surface area (Å²) in [7, 11) is 0. The van der Waals surface area contributed by atoms with Crippen molar-refractivity contribution in [2.24, 2.45) is 0 Å². The Hall–Kier alpha value is -0.840. The van der Waals surface area contributed by atoms with Gasteiger partial charge in [-0.2, -0.15) is 9.97 Å². The first-order chi connectivity index (χ1) is 4.83. The van der Waals surface area contributed by atoms with Gasteiger partial charge in [-0.15, -0.1) is 12.6 Å². The monoisotopic (exact) mass is 157 g/mol. The van der Waals surface area contributed by atoms with Crippen LogP contribution in [0.1, 0.15) is 6.92 Å². The van der Waals surface area contributed by atoms with Crippen molar-refractivity contribution in [3.05, 3.63) is 6.33 Å². The summed E-state index contributed by atoms with van der Waals surface area (Å²) in [6, 6.07) is 0.322. The van der Waals surface area contributed by atoms with Crippen LogP contribution in [-0.2, 0) is 0 Å². The molecule has 0 aliphatic heterocycles. The highest BCUT2D eigenvalue weighted by Crippen LogP contribution is 2.01. The van der Waals surface area contributed by atoms with Gasteiger partial charge in [0.2, 0.25) is 0 Å². The predicted molar refractivity (Wildman–Crippen MR) is 38.2 cm³/mol. The van der Waals surface area contributed by atoms with E-state index < -0.39 is 0 Å². The van der Waals surface area contributed by atoms with Crippen molar-refractivity contribution in [2.75, 3.05) is 6.61 Å². The second-order valence-electron chi connectivity index (χ2n) is 1.50. The van der Waals surface area contributed by atoms with E-state index >= 15 is 0 Å². The molecule has 0 radical (unpaired) electrons. The molecule has 0 aliphatic rings. The van der Waals surface area contributed by atoms with Crippen LogP contribution >= 0.6 is 12.6 Å². The van der Waals surface area contributed by atoms with Gasteiger partial charge in [-0.1, -0.05) is 0 Å². The van der Waals surface area contributed by atoms with Gasteiger partial charge < -0.3 is 4.74 Å². The lowest BCUT2D eigenvalue weighted by Crippen LogP contribution is -1.98. The van der Waals surface area contributed by atoms with Crippen LogP contribution in [0.4, 0.5) is 0 Å². The molecule has 0 atom stereocenters. The van der Waals surface area contributed by atoms with Crippen LogP contribution in [0, 0.1) is 0 Å². The van der Waals surface area contributed by atoms with Crippen molar-refractivity contribution in [3.8, 4) is 6.01 Å². The Balaban J connectivity index is 2.75. The van der Waals surface area contributed by atoms with Crippen LogP contribution in [0.5, 0.6) is 6.01 Å². The van der Waals surface area contributed by atoms with Crippen molar-refractivity contribution >= 4 is 12.6 Å². The van der Waals surface area contributed by atoms with E-state index in [1.807, 2.05) is 6.92 Å². The third kappa shape index (κ3) is 1.84. The van der Waals surface area contributed by atoms with Crippen LogP contribution in [0.15, 0.2) is 11.5 Å². The van der Waals surface area contributed by atoms with E-state index in [2.05, 4.69) is 27.6 Å². The molecule has 0 fully saturated rings. The number of hydrogen-bond acceptors (Lipinski definition) is 5. The van der Waals surface area contributed by atoms with Gasteiger partial charge in [-0.05, 0) is 6.92 Å². The van der Waals surface area contributed by atoms with Crippen LogP contribution in [0.2, 0.25) is 0 Å².